The molecule has 6 nitrogen and oxygen atoms in total. The molecule has 0 spiro atoms. The van der Waals surface area contributed by atoms with E-state index in [4.69, 9.17) is 9.47 Å². The van der Waals surface area contributed by atoms with Gasteiger partial charge in [0.25, 0.3) is 0 Å². The highest BCUT2D eigenvalue weighted by molar-refractivity contribution is 5.83. The Morgan fingerprint density at radius 1 is 1.15 bits per heavy atom. The molecule has 6 heteroatoms. The Bertz CT molecular complexity index is 842. The van der Waals surface area contributed by atoms with Gasteiger partial charge in [0.1, 0.15) is 13.2 Å². The molecule has 27 heavy (non-hydrogen) atoms. The molecule has 5 rings (SSSR count). The first-order valence-corrected chi connectivity index (χ1v) is 9.62. The molecule has 1 aromatic carbocycles. The second-order valence-corrected chi connectivity index (χ2v) is 7.39. The largest absolute Gasteiger partial charge is 0.486 e. The Morgan fingerprint density at radius 2 is 2.04 bits per heavy atom. The van der Waals surface area contributed by atoms with Crippen LogP contribution in [-0.4, -0.2) is 48.6 Å². The number of carbonyl (C=O) groups excluding carboxylic acids is 1. The van der Waals surface area contributed by atoms with Gasteiger partial charge in [-0.3, -0.25) is 9.78 Å². The molecule has 2 fully saturated rings. The third kappa shape index (κ3) is 3.14. The first kappa shape index (κ1) is 16.6. The zero-order valence-corrected chi connectivity index (χ0v) is 15.1. The van der Waals surface area contributed by atoms with Crippen LogP contribution in [0.15, 0.2) is 42.7 Å². The highest BCUT2D eigenvalue weighted by Gasteiger charge is 2.47. The number of rotatable bonds is 3. The molecule has 1 saturated heterocycles. The Kier molecular flexibility index (Phi) is 4.20. The molecular weight excluding hydrogens is 342 g/mol. The maximum absolute atomic E-state index is 13.2. The maximum atomic E-state index is 13.2. The quantitative estimate of drug-likeness (QED) is 0.903. The van der Waals surface area contributed by atoms with Gasteiger partial charge in [-0.25, -0.2) is 0 Å². The summed E-state index contributed by atoms with van der Waals surface area (Å²) in [4.78, 5) is 19.5. The minimum atomic E-state index is 0.0569. The Labute approximate surface area is 158 Å². The van der Waals surface area contributed by atoms with Crippen molar-refractivity contribution in [2.45, 2.75) is 18.4 Å². The van der Waals surface area contributed by atoms with Crippen molar-refractivity contribution in [3.05, 3.63) is 53.9 Å². The van der Waals surface area contributed by atoms with E-state index in [9.17, 15) is 4.79 Å². The molecule has 0 bridgehead atoms. The fourth-order valence-corrected chi connectivity index (χ4v) is 4.18. The van der Waals surface area contributed by atoms with E-state index >= 15 is 0 Å². The minimum Gasteiger partial charge on any atom is -0.486 e. The Balaban J connectivity index is 1.33. The number of hydrogen-bond donors (Lipinski definition) is 1. The van der Waals surface area contributed by atoms with E-state index in [0.717, 1.165) is 43.1 Å². The van der Waals surface area contributed by atoms with Crippen molar-refractivity contribution in [1.82, 2.24) is 15.2 Å². The normalized spacial score (nSPS) is 26.5. The van der Waals surface area contributed by atoms with Crippen LogP contribution >= 0.6 is 0 Å². The Hall–Kier alpha value is -2.60. The van der Waals surface area contributed by atoms with Gasteiger partial charge >= 0.3 is 0 Å². The lowest BCUT2D eigenvalue weighted by Crippen LogP contribution is -2.49. The van der Waals surface area contributed by atoms with E-state index in [2.05, 4.69) is 22.4 Å². The van der Waals surface area contributed by atoms with Gasteiger partial charge in [-0.05, 0) is 41.7 Å². The van der Waals surface area contributed by atoms with Crippen molar-refractivity contribution < 1.29 is 14.3 Å². The van der Waals surface area contributed by atoms with Crippen LogP contribution in [0.2, 0.25) is 0 Å². The zero-order valence-electron chi connectivity index (χ0n) is 15.1. The van der Waals surface area contributed by atoms with Crippen LogP contribution in [0.3, 0.4) is 0 Å². The molecule has 3 aliphatic rings. The highest BCUT2D eigenvalue weighted by atomic mass is 16.6. The van der Waals surface area contributed by atoms with Crippen LogP contribution in [0.1, 0.15) is 29.5 Å². The third-order valence-electron chi connectivity index (χ3n) is 5.70. The van der Waals surface area contributed by atoms with Gasteiger partial charge < -0.3 is 19.7 Å². The fraction of sp³-hybridized carbons (Fsp3) is 0.429. The lowest BCUT2D eigenvalue weighted by Gasteiger charge is -2.36. The van der Waals surface area contributed by atoms with Gasteiger partial charge in [-0.15, -0.1) is 0 Å². The predicted octanol–water partition coefficient (Wildman–Crippen LogP) is 2.13. The lowest BCUT2D eigenvalue weighted by molar-refractivity contribution is -0.136. The molecule has 2 aliphatic heterocycles. The van der Waals surface area contributed by atoms with Crippen LogP contribution < -0.4 is 14.8 Å². The fourth-order valence-electron chi connectivity index (χ4n) is 4.18. The molecule has 3 atom stereocenters. The molecular formula is C21H23N3O3. The number of fused-ring (bicyclic) bond motifs is 1. The van der Waals surface area contributed by atoms with E-state index in [0.29, 0.717) is 13.2 Å². The van der Waals surface area contributed by atoms with Crippen LogP contribution in [0.5, 0.6) is 11.5 Å². The summed E-state index contributed by atoms with van der Waals surface area (Å²) in [5, 5.41) is 3.40. The Morgan fingerprint density at radius 3 is 2.89 bits per heavy atom. The van der Waals surface area contributed by atoms with Gasteiger partial charge in [-0.2, -0.15) is 0 Å². The lowest BCUT2D eigenvalue weighted by atomic mass is 10.0. The number of piperazine rings is 1. The average Bonchev–Trinajstić information content (AvgIpc) is 3.54. The van der Waals surface area contributed by atoms with E-state index in [1.807, 2.05) is 29.3 Å². The number of nitrogens with one attached hydrogen (secondary N) is 1. The zero-order chi connectivity index (χ0) is 18.2. The highest BCUT2D eigenvalue weighted by Crippen LogP contribution is 2.50. The van der Waals surface area contributed by atoms with Crippen molar-refractivity contribution in [3.63, 3.8) is 0 Å². The summed E-state index contributed by atoms with van der Waals surface area (Å²) in [5.41, 5.74) is 2.26. The van der Waals surface area contributed by atoms with Gasteiger partial charge in [0, 0.05) is 37.9 Å². The molecule has 140 valence electrons. The monoisotopic (exact) mass is 365 g/mol. The molecule has 1 N–H and O–H groups in total. The first-order valence-electron chi connectivity index (χ1n) is 9.62. The minimum absolute atomic E-state index is 0.0569. The number of amides is 1. The van der Waals surface area contributed by atoms with Crippen molar-refractivity contribution in [2.75, 3.05) is 32.8 Å². The molecule has 1 saturated carbocycles. The number of hydrogen-bond acceptors (Lipinski definition) is 5. The van der Waals surface area contributed by atoms with E-state index in [1.165, 1.54) is 5.56 Å². The molecule has 0 radical (unpaired) electrons. The third-order valence-corrected chi connectivity index (χ3v) is 5.70. The second kappa shape index (κ2) is 6.85. The topological polar surface area (TPSA) is 63.7 Å². The van der Waals surface area contributed by atoms with Crippen LogP contribution in [0.25, 0.3) is 0 Å². The second-order valence-electron chi connectivity index (χ2n) is 7.39. The van der Waals surface area contributed by atoms with E-state index in [1.54, 1.807) is 6.20 Å². The maximum Gasteiger partial charge on any atom is 0.226 e. The molecule has 2 aromatic rings. The van der Waals surface area contributed by atoms with Gasteiger partial charge in [-0.1, -0.05) is 12.1 Å². The van der Waals surface area contributed by atoms with Crippen LogP contribution in [0.4, 0.5) is 0 Å². The number of ether oxygens (including phenoxy) is 2. The number of benzene rings is 1. The van der Waals surface area contributed by atoms with Gasteiger partial charge in [0.15, 0.2) is 11.5 Å². The van der Waals surface area contributed by atoms with Crippen molar-refractivity contribution in [3.8, 4) is 11.5 Å². The van der Waals surface area contributed by atoms with Gasteiger partial charge in [0.05, 0.1) is 6.04 Å². The average molecular weight is 365 g/mol. The number of pyridine rings is 1. The summed E-state index contributed by atoms with van der Waals surface area (Å²) in [6.45, 7) is 3.53. The van der Waals surface area contributed by atoms with E-state index in [-0.39, 0.29) is 23.8 Å². The van der Waals surface area contributed by atoms with Crippen molar-refractivity contribution in [2.24, 2.45) is 5.92 Å². The standard InChI is InChI=1S/C21H23N3O3/c25-21(24-7-6-23-13-18(24)15-2-1-5-22-12-15)17-11-16(17)14-3-4-19-20(10-14)27-9-8-26-19/h1-5,10,12,16-18,23H,6-9,11,13H2. The summed E-state index contributed by atoms with van der Waals surface area (Å²) >= 11 is 0. The first-order chi connectivity index (χ1) is 13.3. The number of nitrogens with zero attached hydrogens (tertiary/aromatic N) is 2. The van der Waals surface area contributed by atoms with Crippen LogP contribution in [-0.2, 0) is 4.79 Å². The molecule has 3 heterocycles. The summed E-state index contributed by atoms with van der Waals surface area (Å²) in [6.07, 6.45) is 4.54. The summed E-state index contributed by atoms with van der Waals surface area (Å²) in [7, 11) is 0. The summed E-state index contributed by atoms with van der Waals surface area (Å²) < 4.78 is 11.3. The van der Waals surface area contributed by atoms with Crippen molar-refractivity contribution in [1.29, 1.82) is 0 Å². The van der Waals surface area contributed by atoms with E-state index < -0.39 is 0 Å². The van der Waals surface area contributed by atoms with Gasteiger partial charge in [0.2, 0.25) is 5.91 Å². The summed E-state index contributed by atoms with van der Waals surface area (Å²) in [6, 6.07) is 10.1. The number of carbonyl (C=O) groups is 1. The van der Waals surface area contributed by atoms with Crippen LogP contribution in [0, 0.1) is 5.92 Å². The molecule has 3 unspecified atom stereocenters. The van der Waals surface area contributed by atoms with Crippen molar-refractivity contribution >= 4 is 5.91 Å². The number of aromatic nitrogens is 1. The molecule has 1 aliphatic carbocycles. The molecule has 1 amide bonds. The smallest absolute Gasteiger partial charge is 0.226 e. The molecule has 1 aromatic heterocycles. The SMILES string of the molecule is O=C(C1CC1c1ccc2c(c1)OCCO2)N1CCNCC1c1cccnc1. The summed E-state index contributed by atoms with van der Waals surface area (Å²) in [5.74, 6) is 2.19. The predicted molar refractivity (Wildman–Crippen MR) is 99.8 cm³/mol.